The van der Waals surface area contributed by atoms with E-state index in [1.165, 1.54) is 0 Å². The molecule has 0 rings (SSSR count). The summed E-state index contributed by atoms with van der Waals surface area (Å²) in [4.78, 5) is 4.36. The van der Waals surface area contributed by atoms with Crippen LogP contribution in [0, 0.1) is 0 Å². The van der Waals surface area contributed by atoms with Crippen molar-refractivity contribution >= 4 is 18.3 Å². The largest absolute Gasteiger partial charge is 0.528 e. The Labute approximate surface area is 109 Å². The second kappa shape index (κ2) is 8.14. The van der Waals surface area contributed by atoms with E-state index >= 15 is 0 Å². The molecule has 0 amide bonds. The quantitative estimate of drug-likeness (QED) is 0.461. The highest BCUT2D eigenvalue weighted by atomic mass is 28.4. The molecule has 0 aliphatic heterocycles. The maximum absolute atomic E-state index is 5.32. The van der Waals surface area contributed by atoms with E-state index in [0.717, 1.165) is 0 Å². The van der Waals surface area contributed by atoms with Crippen LogP contribution in [-0.2, 0) is 13.3 Å². The summed E-state index contributed by atoms with van der Waals surface area (Å²) in [6, 6.07) is 0. The van der Waals surface area contributed by atoms with Crippen molar-refractivity contribution in [2.24, 2.45) is 0 Å². The molecule has 0 aliphatic carbocycles. The highest BCUT2D eigenvalue weighted by molar-refractivity contribution is 6.67. The summed E-state index contributed by atoms with van der Waals surface area (Å²) in [6.07, 6.45) is 0. The molecule has 0 atom stereocenters. The van der Waals surface area contributed by atoms with Gasteiger partial charge in [-0.25, -0.2) is 0 Å². The van der Waals surface area contributed by atoms with Gasteiger partial charge in [0.05, 0.1) is 5.79 Å². The van der Waals surface area contributed by atoms with Crippen LogP contribution in [0.1, 0.15) is 0 Å². The first-order valence-electron chi connectivity index (χ1n) is 5.34. The molecule has 7 heteroatoms. The highest BCUT2D eigenvalue weighted by Gasteiger charge is 2.34. The van der Waals surface area contributed by atoms with Gasteiger partial charge in [0, 0.05) is 21.3 Å². The maximum Gasteiger partial charge on any atom is 0.528 e. The van der Waals surface area contributed by atoms with Gasteiger partial charge in [-0.2, -0.15) is 0 Å². The average molecular weight is 276 g/mol. The molecule has 0 aromatic carbocycles. The molecule has 0 bridgehead atoms. The Bertz CT molecular complexity index is 217. The van der Waals surface area contributed by atoms with Crippen molar-refractivity contribution in [3.8, 4) is 0 Å². The van der Waals surface area contributed by atoms with Crippen LogP contribution in [0.15, 0.2) is 11.4 Å². The van der Waals surface area contributed by atoms with Crippen molar-refractivity contribution in [2.45, 2.75) is 5.79 Å². The molecule has 0 fully saturated rings. The predicted octanol–water partition coefficient (Wildman–Crippen LogP) is 0.0284. The van der Waals surface area contributed by atoms with Crippen LogP contribution in [-0.4, -0.2) is 83.4 Å². The van der Waals surface area contributed by atoms with Crippen LogP contribution in [0.4, 0.5) is 0 Å². The zero-order chi connectivity index (χ0) is 13.5. The molecule has 0 spiro atoms. The summed E-state index contributed by atoms with van der Waals surface area (Å²) in [7, 11) is 11.2. The van der Waals surface area contributed by atoms with E-state index in [0.29, 0.717) is 15.3 Å². The summed E-state index contributed by atoms with van der Waals surface area (Å²) in [5.41, 5.74) is 4.03. The van der Waals surface area contributed by atoms with Crippen molar-refractivity contribution in [3.63, 3.8) is 0 Å². The molecular weight excluding hydrogens is 252 g/mol. The van der Waals surface area contributed by atoms with Gasteiger partial charge in [0.1, 0.15) is 9.52 Å². The zero-order valence-electron chi connectivity index (χ0n) is 11.9. The van der Waals surface area contributed by atoms with E-state index in [-0.39, 0.29) is 0 Å². The fourth-order valence-corrected chi connectivity index (χ4v) is 4.33. The fourth-order valence-electron chi connectivity index (χ4n) is 1.45. The smallest absolute Gasteiger partial charge is 0.374 e. The molecule has 17 heavy (non-hydrogen) atoms. The van der Waals surface area contributed by atoms with Crippen molar-refractivity contribution in [2.75, 3.05) is 49.5 Å². The minimum Gasteiger partial charge on any atom is -0.374 e. The summed E-state index contributed by atoms with van der Waals surface area (Å²) >= 11 is 0. The summed E-state index contributed by atoms with van der Waals surface area (Å²) in [5, 5.41) is 0. The molecule has 2 radical (unpaired) electrons. The molecule has 0 aliphatic rings. The third kappa shape index (κ3) is 5.43. The SMILES string of the molecule is CO[Si](C=C[Si]C(N(C)C)N(C)C)(OC)OC. The topological polar surface area (TPSA) is 34.2 Å². The van der Waals surface area contributed by atoms with Gasteiger partial charge in [0.25, 0.3) is 0 Å². The van der Waals surface area contributed by atoms with Crippen LogP contribution >= 0.6 is 0 Å². The number of rotatable bonds is 8. The molecular formula is C10H24N2O3Si2. The van der Waals surface area contributed by atoms with Crippen LogP contribution in [0.3, 0.4) is 0 Å². The summed E-state index contributed by atoms with van der Waals surface area (Å²) < 4.78 is 16.0. The van der Waals surface area contributed by atoms with Crippen LogP contribution in [0.5, 0.6) is 0 Å². The minimum absolute atomic E-state index is 0.378. The Morgan fingerprint density at radius 3 is 1.65 bits per heavy atom. The molecule has 0 saturated carbocycles. The van der Waals surface area contributed by atoms with Crippen molar-refractivity contribution < 1.29 is 13.3 Å². The van der Waals surface area contributed by atoms with Crippen LogP contribution in [0.25, 0.3) is 0 Å². The Morgan fingerprint density at radius 1 is 0.941 bits per heavy atom. The zero-order valence-corrected chi connectivity index (χ0v) is 13.9. The third-order valence-corrected chi connectivity index (χ3v) is 6.67. The first-order valence-corrected chi connectivity index (χ1v) is 8.30. The van der Waals surface area contributed by atoms with Gasteiger partial charge in [-0.1, -0.05) is 5.70 Å². The Morgan fingerprint density at radius 2 is 1.35 bits per heavy atom. The van der Waals surface area contributed by atoms with E-state index in [9.17, 15) is 0 Å². The molecule has 0 aromatic heterocycles. The molecule has 0 aromatic rings. The maximum atomic E-state index is 5.32. The standard InChI is InChI=1S/C10H24N2O3Si2/c1-11(2)10(12(3)4)16-8-9-17(13-5,14-6)15-7/h8-10H,1-7H3. The highest BCUT2D eigenvalue weighted by Crippen LogP contribution is 2.07. The van der Waals surface area contributed by atoms with E-state index in [4.69, 9.17) is 13.3 Å². The Hall–Kier alpha value is -0.0262. The summed E-state index contributed by atoms with van der Waals surface area (Å²) in [5.74, 6) is 0.378. The average Bonchev–Trinajstić information content (AvgIpc) is 2.29. The van der Waals surface area contributed by atoms with E-state index in [2.05, 4.69) is 43.7 Å². The van der Waals surface area contributed by atoms with Crippen LogP contribution in [0.2, 0.25) is 0 Å². The van der Waals surface area contributed by atoms with Crippen LogP contribution < -0.4 is 0 Å². The normalized spacial score (nSPS) is 13.5. The molecule has 0 heterocycles. The van der Waals surface area contributed by atoms with E-state index < -0.39 is 8.80 Å². The van der Waals surface area contributed by atoms with Gasteiger partial charge in [0.2, 0.25) is 0 Å². The van der Waals surface area contributed by atoms with Gasteiger partial charge in [0.15, 0.2) is 0 Å². The number of hydrogen-bond donors (Lipinski definition) is 0. The molecule has 100 valence electrons. The van der Waals surface area contributed by atoms with Gasteiger partial charge in [-0.3, -0.25) is 9.80 Å². The first-order chi connectivity index (χ1) is 7.92. The lowest BCUT2D eigenvalue weighted by Crippen LogP contribution is -2.45. The molecule has 0 unspecified atom stereocenters. The Balaban J connectivity index is 4.51. The second-order valence-electron chi connectivity index (χ2n) is 4.02. The third-order valence-electron chi connectivity index (χ3n) is 2.36. The summed E-state index contributed by atoms with van der Waals surface area (Å²) in [6.45, 7) is 0. The Kier molecular flexibility index (Phi) is 8.13. The lowest BCUT2D eigenvalue weighted by atomic mass is 10.8. The van der Waals surface area contributed by atoms with E-state index in [1.54, 1.807) is 21.3 Å². The molecule has 0 N–H and O–H groups in total. The number of hydrogen-bond acceptors (Lipinski definition) is 5. The fraction of sp³-hybridized carbons (Fsp3) is 0.800. The lowest BCUT2D eigenvalue weighted by Gasteiger charge is -2.29. The predicted molar refractivity (Wildman–Crippen MR) is 72.8 cm³/mol. The van der Waals surface area contributed by atoms with Gasteiger partial charge in [-0.15, -0.1) is 0 Å². The van der Waals surface area contributed by atoms with Gasteiger partial charge in [-0.05, 0) is 33.9 Å². The van der Waals surface area contributed by atoms with Crippen molar-refractivity contribution in [3.05, 3.63) is 11.4 Å². The molecule has 0 saturated heterocycles. The monoisotopic (exact) mass is 276 g/mol. The lowest BCUT2D eigenvalue weighted by molar-refractivity contribution is 0.138. The van der Waals surface area contributed by atoms with Gasteiger partial charge < -0.3 is 13.3 Å². The van der Waals surface area contributed by atoms with Crippen molar-refractivity contribution in [1.29, 1.82) is 0 Å². The number of nitrogens with zero attached hydrogens (tertiary/aromatic N) is 2. The first kappa shape index (κ1) is 17.0. The van der Waals surface area contributed by atoms with E-state index in [1.807, 2.05) is 5.70 Å². The second-order valence-corrected chi connectivity index (χ2v) is 7.97. The molecule has 5 nitrogen and oxygen atoms in total. The minimum atomic E-state index is -2.56. The van der Waals surface area contributed by atoms with Gasteiger partial charge >= 0.3 is 8.80 Å². The van der Waals surface area contributed by atoms with Crippen molar-refractivity contribution in [1.82, 2.24) is 9.80 Å².